The van der Waals surface area contributed by atoms with E-state index in [0.717, 1.165) is 19.6 Å². The number of pyridine rings is 1. The van der Waals surface area contributed by atoms with Crippen LogP contribution in [0.4, 0.5) is 5.69 Å². The number of carbonyl (C=O) groups is 2. The summed E-state index contributed by atoms with van der Waals surface area (Å²) in [6.07, 6.45) is 0. The van der Waals surface area contributed by atoms with Crippen molar-refractivity contribution >= 4 is 17.5 Å². The molecule has 0 spiro atoms. The van der Waals surface area contributed by atoms with E-state index in [9.17, 15) is 9.59 Å². The highest BCUT2D eigenvalue weighted by Crippen LogP contribution is 2.10. The highest BCUT2D eigenvalue weighted by molar-refractivity contribution is 6.03. The summed E-state index contributed by atoms with van der Waals surface area (Å²) in [5, 5.41) is 14.3. The van der Waals surface area contributed by atoms with Crippen LogP contribution < -0.4 is 10.6 Å². The fourth-order valence-electron chi connectivity index (χ4n) is 2.75. The molecule has 0 radical (unpaired) electrons. The quantitative estimate of drug-likeness (QED) is 0.783. The third-order valence-electron chi connectivity index (χ3n) is 4.30. The first-order chi connectivity index (χ1) is 13.7. The predicted molar refractivity (Wildman–Crippen MR) is 103 cm³/mol. The second kappa shape index (κ2) is 9.60. The maximum absolute atomic E-state index is 12.4. The van der Waals surface area contributed by atoms with Gasteiger partial charge in [0.05, 0.1) is 24.8 Å². The van der Waals surface area contributed by atoms with Crippen molar-refractivity contribution in [2.24, 2.45) is 0 Å². The molecular formula is C20H21N5O3. The van der Waals surface area contributed by atoms with Crippen molar-refractivity contribution in [3.63, 3.8) is 0 Å². The van der Waals surface area contributed by atoms with Crippen LogP contribution >= 0.6 is 0 Å². The zero-order valence-corrected chi connectivity index (χ0v) is 15.4. The van der Waals surface area contributed by atoms with Gasteiger partial charge in [0.1, 0.15) is 11.4 Å². The summed E-state index contributed by atoms with van der Waals surface area (Å²) in [5.41, 5.74) is 1.39. The standard InChI is InChI=1S/C20H21N5O3/c21-14-15-4-6-16(7-5-15)23-20(27)18-3-1-2-17(24-18)19(26)22-8-9-25-10-12-28-13-11-25/h1-7H,8-13H2,(H,22,26)(H,23,27). The predicted octanol–water partition coefficient (Wildman–Crippen LogP) is 1.27. The molecule has 0 unspecified atom stereocenters. The van der Waals surface area contributed by atoms with Gasteiger partial charge >= 0.3 is 0 Å². The molecule has 8 nitrogen and oxygen atoms in total. The van der Waals surface area contributed by atoms with Crippen molar-refractivity contribution in [2.75, 3.05) is 44.7 Å². The summed E-state index contributed by atoms with van der Waals surface area (Å²) in [6.45, 7) is 4.40. The van der Waals surface area contributed by atoms with E-state index in [2.05, 4.69) is 20.5 Å². The van der Waals surface area contributed by atoms with E-state index in [-0.39, 0.29) is 17.3 Å². The fraction of sp³-hybridized carbons (Fsp3) is 0.300. The lowest BCUT2D eigenvalue weighted by Crippen LogP contribution is -2.41. The average Bonchev–Trinajstić information content (AvgIpc) is 2.75. The largest absolute Gasteiger partial charge is 0.379 e. The number of rotatable bonds is 6. The van der Waals surface area contributed by atoms with Gasteiger partial charge in [-0.3, -0.25) is 14.5 Å². The van der Waals surface area contributed by atoms with Crippen molar-refractivity contribution in [2.45, 2.75) is 0 Å². The van der Waals surface area contributed by atoms with Gasteiger partial charge < -0.3 is 15.4 Å². The lowest BCUT2D eigenvalue weighted by Gasteiger charge is -2.26. The second-order valence-electron chi connectivity index (χ2n) is 6.26. The van der Waals surface area contributed by atoms with Crippen molar-refractivity contribution < 1.29 is 14.3 Å². The van der Waals surface area contributed by atoms with Crippen LogP contribution in [0.1, 0.15) is 26.5 Å². The van der Waals surface area contributed by atoms with Gasteiger partial charge in [0.2, 0.25) is 0 Å². The van der Waals surface area contributed by atoms with E-state index in [4.69, 9.17) is 10.00 Å². The molecule has 144 valence electrons. The number of hydrogen-bond donors (Lipinski definition) is 2. The van der Waals surface area contributed by atoms with Crippen LogP contribution in [-0.4, -0.2) is 61.1 Å². The monoisotopic (exact) mass is 379 g/mol. The molecule has 1 aromatic carbocycles. The van der Waals surface area contributed by atoms with E-state index in [1.807, 2.05) is 6.07 Å². The van der Waals surface area contributed by atoms with Gasteiger partial charge in [-0.2, -0.15) is 5.26 Å². The number of benzene rings is 1. The molecule has 2 N–H and O–H groups in total. The molecule has 2 aromatic rings. The molecule has 2 heterocycles. The van der Waals surface area contributed by atoms with E-state index in [1.54, 1.807) is 42.5 Å². The van der Waals surface area contributed by atoms with Crippen LogP contribution in [0.3, 0.4) is 0 Å². The van der Waals surface area contributed by atoms with Crippen molar-refractivity contribution in [1.29, 1.82) is 5.26 Å². The molecular weight excluding hydrogens is 358 g/mol. The van der Waals surface area contributed by atoms with E-state index in [0.29, 0.717) is 31.0 Å². The van der Waals surface area contributed by atoms with Crippen LogP contribution in [0.5, 0.6) is 0 Å². The van der Waals surface area contributed by atoms with Crippen molar-refractivity contribution in [1.82, 2.24) is 15.2 Å². The number of nitrogens with one attached hydrogen (secondary N) is 2. The zero-order valence-electron chi connectivity index (χ0n) is 15.4. The van der Waals surface area contributed by atoms with Gasteiger partial charge in [-0.15, -0.1) is 0 Å². The van der Waals surface area contributed by atoms with Gasteiger partial charge in [-0.25, -0.2) is 4.98 Å². The Kier molecular flexibility index (Phi) is 6.68. The number of anilines is 1. The van der Waals surface area contributed by atoms with E-state index >= 15 is 0 Å². The topological polar surface area (TPSA) is 107 Å². The van der Waals surface area contributed by atoms with Gasteiger partial charge in [0.15, 0.2) is 0 Å². The molecule has 0 bridgehead atoms. The number of carbonyl (C=O) groups excluding carboxylic acids is 2. The molecule has 0 aliphatic carbocycles. The van der Waals surface area contributed by atoms with Gasteiger partial charge in [-0.1, -0.05) is 6.07 Å². The SMILES string of the molecule is N#Cc1ccc(NC(=O)c2cccc(C(=O)NCCN3CCOCC3)n2)cc1. The summed E-state index contributed by atoms with van der Waals surface area (Å²) < 4.78 is 5.30. The van der Waals surface area contributed by atoms with E-state index in [1.165, 1.54) is 0 Å². The molecule has 1 fully saturated rings. The molecule has 1 saturated heterocycles. The van der Waals surface area contributed by atoms with Crippen LogP contribution in [0, 0.1) is 11.3 Å². The first kappa shape index (κ1) is 19.5. The highest BCUT2D eigenvalue weighted by Gasteiger charge is 2.14. The normalized spacial score (nSPS) is 14.1. The Morgan fingerprint density at radius 1 is 1.07 bits per heavy atom. The smallest absolute Gasteiger partial charge is 0.274 e. The maximum atomic E-state index is 12.4. The molecule has 1 aromatic heterocycles. The zero-order chi connectivity index (χ0) is 19.8. The number of amides is 2. The minimum absolute atomic E-state index is 0.144. The van der Waals surface area contributed by atoms with Crippen LogP contribution in [0.15, 0.2) is 42.5 Å². The third-order valence-corrected chi connectivity index (χ3v) is 4.30. The number of ether oxygens (including phenoxy) is 1. The number of nitrogens with zero attached hydrogens (tertiary/aromatic N) is 3. The average molecular weight is 379 g/mol. The Balaban J connectivity index is 1.55. The summed E-state index contributed by atoms with van der Waals surface area (Å²) in [6, 6.07) is 13.3. The summed E-state index contributed by atoms with van der Waals surface area (Å²) in [7, 11) is 0. The number of hydrogen-bond acceptors (Lipinski definition) is 6. The molecule has 28 heavy (non-hydrogen) atoms. The maximum Gasteiger partial charge on any atom is 0.274 e. The van der Waals surface area contributed by atoms with Gasteiger partial charge in [-0.05, 0) is 36.4 Å². The van der Waals surface area contributed by atoms with Gasteiger partial charge in [0.25, 0.3) is 11.8 Å². The molecule has 2 amide bonds. The minimum atomic E-state index is -0.423. The second-order valence-corrected chi connectivity index (χ2v) is 6.26. The molecule has 0 saturated carbocycles. The number of aromatic nitrogens is 1. The van der Waals surface area contributed by atoms with Crippen LogP contribution in [0.25, 0.3) is 0 Å². The highest BCUT2D eigenvalue weighted by atomic mass is 16.5. The Morgan fingerprint density at radius 2 is 1.75 bits per heavy atom. The Hall–Kier alpha value is -3.28. The molecule has 0 atom stereocenters. The first-order valence-electron chi connectivity index (χ1n) is 9.02. The number of morpholine rings is 1. The minimum Gasteiger partial charge on any atom is -0.379 e. The fourth-order valence-corrected chi connectivity index (χ4v) is 2.75. The summed E-state index contributed by atoms with van der Waals surface area (Å²) in [4.78, 5) is 31.1. The molecule has 1 aliphatic rings. The summed E-state index contributed by atoms with van der Waals surface area (Å²) in [5.74, 6) is -0.742. The Morgan fingerprint density at radius 3 is 2.43 bits per heavy atom. The molecule has 1 aliphatic heterocycles. The number of nitriles is 1. The Labute approximate surface area is 163 Å². The van der Waals surface area contributed by atoms with Crippen molar-refractivity contribution in [3.05, 3.63) is 59.4 Å². The van der Waals surface area contributed by atoms with Crippen LogP contribution in [-0.2, 0) is 4.74 Å². The van der Waals surface area contributed by atoms with Crippen molar-refractivity contribution in [3.8, 4) is 6.07 Å². The van der Waals surface area contributed by atoms with Gasteiger partial charge in [0, 0.05) is 31.9 Å². The van der Waals surface area contributed by atoms with Crippen LogP contribution in [0.2, 0.25) is 0 Å². The molecule has 3 rings (SSSR count). The molecule has 8 heteroatoms. The lowest BCUT2D eigenvalue weighted by atomic mass is 10.2. The summed E-state index contributed by atoms with van der Waals surface area (Å²) >= 11 is 0. The third kappa shape index (κ3) is 5.36. The lowest BCUT2D eigenvalue weighted by molar-refractivity contribution is 0.0383. The Bertz CT molecular complexity index is 870. The van der Waals surface area contributed by atoms with E-state index < -0.39 is 5.91 Å². The first-order valence-corrected chi connectivity index (χ1v) is 9.02.